The number of benzene rings is 2. The number of nitrogen functional groups attached to an aromatic ring is 1. The molecule has 0 radical (unpaired) electrons. The van der Waals surface area contributed by atoms with E-state index in [0.717, 1.165) is 10.0 Å². The first-order valence-electron chi connectivity index (χ1n) is 5.34. The molecule has 0 saturated heterocycles. The largest absolute Gasteiger partial charge is 0.399 e. The molecule has 0 amide bonds. The van der Waals surface area contributed by atoms with Crippen LogP contribution in [0.5, 0.6) is 0 Å². The van der Waals surface area contributed by atoms with Crippen LogP contribution in [0.4, 0.5) is 10.1 Å². The third-order valence-corrected chi connectivity index (χ3v) is 4.90. The molecule has 2 N–H and O–H groups in total. The summed E-state index contributed by atoms with van der Waals surface area (Å²) >= 11 is 9.05. The molecule has 19 heavy (non-hydrogen) atoms. The van der Waals surface area contributed by atoms with Crippen molar-refractivity contribution in [3.63, 3.8) is 0 Å². The lowest BCUT2D eigenvalue weighted by Crippen LogP contribution is -1.98. The molecule has 0 saturated carbocycles. The molecule has 2 aromatic carbocycles. The number of hydrogen-bond donors (Lipinski definition) is 1. The number of hydrogen-bond acceptors (Lipinski definition) is 2. The number of halogens is 3. The average Bonchev–Trinajstić information content (AvgIpc) is 2.36. The highest BCUT2D eigenvalue weighted by Gasteiger charge is 2.10. The Labute approximate surface area is 126 Å². The lowest BCUT2D eigenvalue weighted by molar-refractivity contribution is 0.626. The van der Waals surface area contributed by atoms with Gasteiger partial charge in [0.2, 0.25) is 0 Å². The molecule has 0 fully saturated rings. The van der Waals surface area contributed by atoms with Crippen LogP contribution >= 0.6 is 27.5 Å². The Morgan fingerprint density at radius 3 is 2.63 bits per heavy atom. The Kier molecular flexibility index (Phi) is 4.60. The summed E-state index contributed by atoms with van der Waals surface area (Å²) in [5, 5.41) is -0.0257. The van der Waals surface area contributed by atoms with Crippen LogP contribution in [0, 0.1) is 5.82 Å². The van der Waals surface area contributed by atoms with E-state index in [9.17, 15) is 8.60 Å². The molecule has 0 aliphatic heterocycles. The Hall–Kier alpha value is -0.910. The maximum absolute atomic E-state index is 13.0. The highest BCUT2D eigenvalue weighted by molar-refractivity contribution is 9.10. The van der Waals surface area contributed by atoms with E-state index in [1.165, 1.54) is 18.2 Å². The smallest absolute Gasteiger partial charge is 0.141 e. The van der Waals surface area contributed by atoms with E-state index >= 15 is 0 Å². The monoisotopic (exact) mass is 361 g/mol. The summed E-state index contributed by atoms with van der Waals surface area (Å²) in [6.45, 7) is 0. The van der Waals surface area contributed by atoms with Gasteiger partial charge in [0.25, 0.3) is 0 Å². The van der Waals surface area contributed by atoms with Crippen molar-refractivity contribution in [1.29, 1.82) is 0 Å². The van der Waals surface area contributed by atoms with Crippen LogP contribution < -0.4 is 5.73 Å². The fourth-order valence-corrected chi connectivity index (χ4v) is 3.66. The van der Waals surface area contributed by atoms with Gasteiger partial charge in [0.1, 0.15) is 5.82 Å². The van der Waals surface area contributed by atoms with Gasteiger partial charge in [-0.1, -0.05) is 33.6 Å². The summed E-state index contributed by atoms with van der Waals surface area (Å²) in [6.07, 6.45) is 0. The van der Waals surface area contributed by atoms with E-state index in [1.54, 1.807) is 12.1 Å². The first-order chi connectivity index (χ1) is 8.97. The zero-order chi connectivity index (χ0) is 14.0. The van der Waals surface area contributed by atoms with Crippen LogP contribution in [0.2, 0.25) is 5.02 Å². The Bertz CT molecular complexity index is 651. The van der Waals surface area contributed by atoms with Gasteiger partial charge in [0.05, 0.1) is 21.6 Å². The molecule has 100 valence electrons. The fourth-order valence-electron chi connectivity index (χ4n) is 1.52. The van der Waals surface area contributed by atoms with Crippen molar-refractivity contribution in [2.24, 2.45) is 0 Å². The van der Waals surface area contributed by atoms with Crippen molar-refractivity contribution < 1.29 is 8.60 Å². The van der Waals surface area contributed by atoms with Crippen molar-refractivity contribution in [2.45, 2.75) is 10.6 Å². The second-order valence-electron chi connectivity index (χ2n) is 3.92. The van der Waals surface area contributed by atoms with Crippen LogP contribution in [0.3, 0.4) is 0 Å². The summed E-state index contributed by atoms with van der Waals surface area (Å²) in [4.78, 5) is 0.495. The highest BCUT2D eigenvalue weighted by Crippen LogP contribution is 2.24. The van der Waals surface area contributed by atoms with E-state index in [-0.39, 0.29) is 5.02 Å². The molecular weight excluding hydrogens is 353 g/mol. The quantitative estimate of drug-likeness (QED) is 0.834. The molecule has 2 rings (SSSR count). The van der Waals surface area contributed by atoms with Gasteiger partial charge in [-0.25, -0.2) is 4.39 Å². The molecule has 2 aromatic rings. The Balaban J connectivity index is 2.23. The maximum atomic E-state index is 13.0. The third kappa shape index (κ3) is 3.55. The summed E-state index contributed by atoms with van der Waals surface area (Å²) in [6, 6.07) is 9.38. The standard InChI is InChI=1S/C13H10BrClFNOS/c14-11-5-9(17)2-1-8(11)7-19(18)10-3-4-13(16)12(15)6-10/h1-6H,7,17H2. The van der Waals surface area contributed by atoms with Gasteiger partial charge in [-0.15, -0.1) is 0 Å². The number of rotatable bonds is 3. The van der Waals surface area contributed by atoms with E-state index in [1.807, 2.05) is 6.07 Å². The van der Waals surface area contributed by atoms with Gasteiger partial charge in [-0.2, -0.15) is 0 Å². The van der Waals surface area contributed by atoms with Gasteiger partial charge in [-0.05, 0) is 35.9 Å². The molecule has 0 aromatic heterocycles. The molecular formula is C13H10BrClFNOS. The molecule has 0 bridgehead atoms. The minimum absolute atomic E-state index is 0.0257. The first kappa shape index (κ1) is 14.5. The fraction of sp³-hybridized carbons (Fsp3) is 0.0769. The summed E-state index contributed by atoms with van der Waals surface area (Å²) < 4.78 is 26.0. The predicted molar refractivity (Wildman–Crippen MR) is 80.1 cm³/mol. The van der Waals surface area contributed by atoms with Gasteiger partial charge >= 0.3 is 0 Å². The third-order valence-electron chi connectivity index (χ3n) is 2.52. The first-order valence-corrected chi connectivity index (χ1v) is 7.83. The SMILES string of the molecule is Nc1ccc(CS(=O)c2ccc(F)c(Cl)c2)c(Br)c1. The minimum Gasteiger partial charge on any atom is -0.399 e. The van der Waals surface area contributed by atoms with E-state index < -0.39 is 16.6 Å². The predicted octanol–water partition coefficient (Wildman–Crippen LogP) is 4.13. The normalized spacial score (nSPS) is 12.4. The van der Waals surface area contributed by atoms with Crippen LogP contribution in [0.25, 0.3) is 0 Å². The molecule has 1 unspecified atom stereocenters. The highest BCUT2D eigenvalue weighted by atomic mass is 79.9. The Morgan fingerprint density at radius 2 is 2.00 bits per heavy atom. The van der Waals surface area contributed by atoms with Crippen LogP contribution in [-0.2, 0) is 16.6 Å². The van der Waals surface area contributed by atoms with Crippen molar-refractivity contribution in [2.75, 3.05) is 5.73 Å². The van der Waals surface area contributed by atoms with Crippen molar-refractivity contribution in [1.82, 2.24) is 0 Å². The van der Waals surface area contributed by atoms with Crippen LogP contribution in [0.1, 0.15) is 5.56 Å². The van der Waals surface area contributed by atoms with Crippen LogP contribution in [0.15, 0.2) is 45.8 Å². The summed E-state index contributed by atoms with van der Waals surface area (Å²) in [5.41, 5.74) is 7.14. The molecule has 0 spiro atoms. The minimum atomic E-state index is -1.29. The van der Waals surface area contributed by atoms with E-state index in [0.29, 0.717) is 16.3 Å². The lowest BCUT2D eigenvalue weighted by Gasteiger charge is -2.06. The second kappa shape index (κ2) is 6.03. The maximum Gasteiger partial charge on any atom is 0.141 e. The zero-order valence-electron chi connectivity index (χ0n) is 9.70. The molecule has 6 heteroatoms. The van der Waals surface area contributed by atoms with Crippen molar-refractivity contribution in [3.8, 4) is 0 Å². The van der Waals surface area contributed by atoms with E-state index in [2.05, 4.69) is 15.9 Å². The average molecular weight is 363 g/mol. The zero-order valence-corrected chi connectivity index (χ0v) is 12.9. The Morgan fingerprint density at radius 1 is 1.26 bits per heavy atom. The molecule has 0 aliphatic carbocycles. The summed E-state index contributed by atoms with van der Waals surface area (Å²) in [7, 11) is -1.29. The second-order valence-corrected chi connectivity index (χ2v) is 6.63. The van der Waals surface area contributed by atoms with Gasteiger partial charge in [-0.3, -0.25) is 4.21 Å². The van der Waals surface area contributed by atoms with E-state index in [4.69, 9.17) is 17.3 Å². The topological polar surface area (TPSA) is 43.1 Å². The summed E-state index contributed by atoms with van der Waals surface area (Å²) in [5.74, 6) is -0.209. The van der Waals surface area contributed by atoms with Crippen molar-refractivity contribution in [3.05, 3.63) is 57.3 Å². The van der Waals surface area contributed by atoms with Crippen molar-refractivity contribution >= 4 is 44.0 Å². The molecule has 2 nitrogen and oxygen atoms in total. The molecule has 1 atom stereocenters. The lowest BCUT2D eigenvalue weighted by atomic mass is 10.2. The van der Waals surface area contributed by atoms with Gasteiger partial charge in [0, 0.05) is 15.1 Å². The van der Waals surface area contributed by atoms with Gasteiger partial charge < -0.3 is 5.73 Å². The molecule has 0 heterocycles. The van der Waals surface area contributed by atoms with Crippen LogP contribution in [-0.4, -0.2) is 4.21 Å². The molecule has 0 aliphatic rings. The van der Waals surface area contributed by atoms with Gasteiger partial charge in [0.15, 0.2) is 0 Å². The number of nitrogens with two attached hydrogens (primary N) is 1. The number of anilines is 1.